The summed E-state index contributed by atoms with van der Waals surface area (Å²) in [7, 11) is 2.41. The predicted octanol–water partition coefficient (Wildman–Crippen LogP) is 1.17. The average molecular weight is 389 g/mol. The van der Waals surface area contributed by atoms with Gasteiger partial charge in [0.25, 0.3) is 0 Å². The van der Waals surface area contributed by atoms with Crippen LogP contribution in [0.4, 0.5) is 0 Å². The first kappa shape index (κ1) is 17.5. The topological polar surface area (TPSA) is 96.7 Å². The number of halogens is 1. The van der Waals surface area contributed by atoms with Crippen LogP contribution in [0.3, 0.4) is 0 Å². The van der Waals surface area contributed by atoms with E-state index >= 15 is 0 Å². The van der Waals surface area contributed by atoms with E-state index in [9.17, 15) is 14.4 Å². The Morgan fingerprint density at radius 1 is 1.35 bits per heavy atom. The Morgan fingerprint density at radius 3 is 2.57 bits per heavy atom. The number of aromatic nitrogens is 2. The van der Waals surface area contributed by atoms with E-state index in [0.717, 1.165) is 0 Å². The van der Waals surface area contributed by atoms with Gasteiger partial charge in [-0.1, -0.05) is 15.9 Å². The molecule has 0 aliphatic heterocycles. The number of methoxy groups -OCH3 is 2. The largest absolute Gasteiger partial charge is 0.466 e. The molecule has 1 saturated carbocycles. The van der Waals surface area contributed by atoms with Crippen molar-refractivity contribution in [2.24, 2.45) is 5.92 Å². The molecule has 1 aliphatic rings. The zero-order valence-corrected chi connectivity index (χ0v) is 14.6. The van der Waals surface area contributed by atoms with Crippen LogP contribution < -0.4 is 0 Å². The predicted molar refractivity (Wildman–Crippen MR) is 81.3 cm³/mol. The number of ether oxygens (including phenoxy) is 3. The van der Waals surface area contributed by atoms with Gasteiger partial charge in [0.1, 0.15) is 0 Å². The molecule has 9 heteroatoms. The summed E-state index contributed by atoms with van der Waals surface area (Å²) in [6.07, 6.45) is 1.92. The third-order valence-electron chi connectivity index (χ3n) is 3.61. The molecule has 0 saturated heterocycles. The van der Waals surface area contributed by atoms with E-state index in [2.05, 4.69) is 25.7 Å². The number of rotatable bonds is 6. The van der Waals surface area contributed by atoms with Gasteiger partial charge in [-0.3, -0.25) is 4.79 Å². The van der Waals surface area contributed by atoms with Gasteiger partial charge in [-0.05, 0) is 13.3 Å². The fourth-order valence-corrected chi connectivity index (χ4v) is 3.12. The van der Waals surface area contributed by atoms with Crippen LogP contribution in [0.25, 0.3) is 0 Å². The van der Waals surface area contributed by atoms with Crippen LogP contribution in [-0.2, 0) is 25.5 Å². The summed E-state index contributed by atoms with van der Waals surface area (Å²) >= 11 is 3.51. The molecule has 2 rings (SSSR count). The summed E-state index contributed by atoms with van der Waals surface area (Å²) in [6, 6.07) is 0. The van der Waals surface area contributed by atoms with Crippen LogP contribution in [0, 0.1) is 5.92 Å². The monoisotopic (exact) mass is 388 g/mol. The van der Waals surface area contributed by atoms with E-state index < -0.39 is 16.3 Å². The normalized spacial score (nSPS) is 22.3. The summed E-state index contributed by atoms with van der Waals surface area (Å²) in [4.78, 5) is 39.4. The summed E-state index contributed by atoms with van der Waals surface area (Å²) in [5, 5.41) is 0. The van der Waals surface area contributed by atoms with Crippen LogP contribution in [0.15, 0.2) is 6.33 Å². The van der Waals surface area contributed by atoms with Gasteiger partial charge in [0.2, 0.25) is 0 Å². The van der Waals surface area contributed by atoms with Crippen LogP contribution in [0.1, 0.15) is 34.3 Å². The molecule has 0 N–H and O–H groups in total. The Hall–Kier alpha value is -1.90. The standard InChI is InChI=1S/C14H17BrN2O6/c1-4-23-11(18)8-5-14(8,15)6-17-7-16-9(12(19)21-2)10(17)13(20)22-3/h7-8H,4-6H2,1-3H3/t8-,14+/m0/s1. The number of esters is 3. The maximum atomic E-state index is 12.0. The van der Waals surface area contributed by atoms with Crippen molar-refractivity contribution >= 4 is 33.8 Å². The van der Waals surface area contributed by atoms with Crippen LogP contribution >= 0.6 is 15.9 Å². The quantitative estimate of drug-likeness (QED) is 0.409. The smallest absolute Gasteiger partial charge is 0.359 e. The highest BCUT2D eigenvalue weighted by molar-refractivity contribution is 9.10. The van der Waals surface area contributed by atoms with E-state index in [0.29, 0.717) is 13.0 Å². The molecule has 1 heterocycles. The molecule has 0 spiro atoms. The Morgan fingerprint density at radius 2 is 2.00 bits per heavy atom. The number of carbonyl (C=O) groups is 3. The Kier molecular flexibility index (Phi) is 5.08. The molecule has 0 amide bonds. The first-order chi connectivity index (χ1) is 10.9. The van der Waals surface area contributed by atoms with Gasteiger partial charge in [-0.2, -0.15) is 0 Å². The summed E-state index contributed by atoms with van der Waals surface area (Å²) in [5.74, 6) is -2.04. The van der Waals surface area contributed by atoms with Gasteiger partial charge in [-0.25, -0.2) is 14.6 Å². The van der Waals surface area contributed by atoms with Crippen LogP contribution in [-0.4, -0.2) is 52.6 Å². The van der Waals surface area contributed by atoms with Crippen molar-refractivity contribution in [3.05, 3.63) is 17.7 Å². The highest BCUT2D eigenvalue weighted by Gasteiger charge is 2.58. The summed E-state index contributed by atoms with van der Waals surface area (Å²) < 4.78 is 15.3. The first-order valence-electron chi connectivity index (χ1n) is 6.95. The molecule has 0 radical (unpaired) electrons. The minimum absolute atomic E-state index is 0.00677. The van der Waals surface area contributed by atoms with Gasteiger partial charge in [-0.15, -0.1) is 0 Å². The Bertz CT molecular complexity index is 643. The van der Waals surface area contributed by atoms with Crippen molar-refractivity contribution in [1.29, 1.82) is 0 Å². The van der Waals surface area contributed by atoms with E-state index in [1.54, 1.807) is 6.92 Å². The number of nitrogens with zero attached hydrogens (tertiary/aromatic N) is 2. The molecule has 1 aromatic heterocycles. The second-order valence-corrected chi connectivity index (χ2v) is 6.68. The second kappa shape index (κ2) is 6.69. The Balaban J connectivity index is 2.24. The first-order valence-corrected chi connectivity index (χ1v) is 7.74. The molecule has 126 valence electrons. The van der Waals surface area contributed by atoms with Crippen molar-refractivity contribution in [3.63, 3.8) is 0 Å². The highest BCUT2D eigenvalue weighted by Crippen LogP contribution is 2.53. The van der Waals surface area contributed by atoms with Crippen LogP contribution in [0.2, 0.25) is 0 Å². The minimum atomic E-state index is -0.731. The lowest BCUT2D eigenvalue weighted by Gasteiger charge is -2.13. The number of imidazole rings is 1. The molecule has 1 fully saturated rings. The van der Waals surface area contributed by atoms with E-state index in [-0.39, 0.29) is 29.8 Å². The van der Waals surface area contributed by atoms with E-state index in [1.165, 1.54) is 25.1 Å². The molecule has 2 atom stereocenters. The minimum Gasteiger partial charge on any atom is -0.466 e. The SMILES string of the molecule is CCOC(=O)[C@@H]1C[C@@]1(Br)Cn1cnc(C(=O)OC)c1C(=O)OC. The fourth-order valence-electron chi connectivity index (χ4n) is 2.33. The number of carbonyl (C=O) groups excluding carboxylic acids is 3. The average Bonchev–Trinajstić information content (AvgIpc) is 3.02. The molecular weight excluding hydrogens is 372 g/mol. The van der Waals surface area contributed by atoms with Gasteiger partial charge in [0.15, 0.2) is 11.4 Å². The molecule has 0 bridgehead atoms. The number of hydrogen-bond acceptors (Lipinski definition) is 7. The molecule has 0 unspecified atom stereocenters. The van der Waals surface area contributed by atoms with Gasteiger partial charge in [0.05, 0.1) is 37.4 Å². The fraction of sp³-hybridized carbons (Fsp3) is 0.571. The molecule has 1 aliphatic carbocycles. The lowest BCUT2D eigenvalue weighted by atomic mass is 10.2. The Labute approximate surface area is 141 Å². The van der Waals surface area contributed by atoms with Crippen molar-refractivity contribution in [3.8, 4) is 0 Å². The van der Waals surface area contributed by atoms with E-state index in [1.807, 2.05) is 0 Å². The van der Waals surface area contributed by atoms with Gasteiger partial charge < -0.3 is 18.8 Å². The summed E-state index contributed by atoms with van der Waals surface area (Å²) in [5.41, 5.74) is -0.128. The van der Waals surface area contributed by atoms with Crippen molar-refractivity contribution in [1.82, 2.24) is 9.55 Å². The van der Waals surface area contributed by atoms with Crippen molar-refractivity contribution in [2.45, 2.75) is 24.2 Å². The summed E-state index contributed by atoms with van der Waals surface area (Å²) in [6.45, 7) is 2.32. The third-order valence-corrected chi connectivity index (χ3v) is 4.73. The van der Waals surface area contributed by atoms with Crippen molar-refractivity contribution < 1.29 is 28.6 Å². The molecule has 23 heavy (non-hydrogen) atoms. The third kappa shape index (κ3) is 3.39. The van der Waals surface area contributed by atoms with E-state index in [4.69, 9.17) is 9.47 Å². The number of hydrogen-bond donors (Lipinski definition) is 0. The lowest BCUT2D eigenvalue weighted by molar-refractivity contribution is -0.144. The zero-order chi connectivity index (χ0) is 17.2. The second-order valence-electron chi connectivity index (χ2n) is 5.10. The lowest BCUT2D eigenvalue weighted by Crippen LogP contribution is -2.22. The van der Waals surface area contributed by atoms with Gasteiger partial charge >= 0.3 is 17.9 Å². The molecular formula is C14H17BrN2O6. The maximum absolute atomic E-state index is 12.0. The zero-order valence-electron chi connectivity index (χ0n) is 13.0. The van der Waals surface area contributed by atoms with Crippen LogP contribution in [0.5, 0.6) is 0 Å². The van der Waals surface area contributed by atoms with Gasteiger partial charge in [0, 0.05) is 6.54 Å². The highest BCUT2D eigenvalue weighted by atomic mass is 79.9. The molecule has 8 nitrogen and oxygen atoms in total. The van der Waals surface area contributed by atoms with Crippen molar-refractivity contribution in [2.75, 3.05) is 20.8 Å². The molecule has 1 aromatic rings. The molecule has 0 aromatic carbocycles. The number of alkyl halides is 1. The maximum Gasteiger partial charge on any atom is 0.359 e.